The van der Waals surface area contributed by atoms with Gasteiger partial charge in [-0.05, 0) is 50.1 Å². The quantitative estimate of drug-likeness (QED) is 0.178. The molecule has 4 heterocycles. The fourth-order valence-electron chi connectivity index (χ4n) is 5.36. The number of benzene rings is 1. The SMILES string of the molecule is CNC1(/C(N)=C/N(N)Cc2c3c(nc4cc(F)c(C)cc24)-c2cc4c(c(=O)n2C3)COC(=O)C4O)CC1. The van der Waals surface area contributed by atoms with Gasteiger partial charge in [0.25, 0.3) is 5.56 Å². The summed E-state index contributed by atoms with van der Waals surface area (Å²) in [4.78, 5) is 30.0. The standard InChI is InChI=1S/C26H27FN6O4/c1-12-5-13-15(8-32(29)10-21(28)26(30-2)3-4-26)16-9-33-20(22(16)31-19(13)7-18(12)27)6-14-17(24(33)35)11-37-25(36)23(14)34/h5-7,10,23,30,34H,3-4,8-9,11,28-29H2,1-2H3/b21-10-. The molecule has 1 saturated carbocycles. The Balaban J connectivity index is 1.52. The lowest BCUT2D eigenvalue weighted by atomic mass is 9.97. The summed E-state index contributed by atoms with van der Waals surface area (Å²) >= 11 is 0. The third kappa shape index (κ3) is 3.53. The Morgan fingerprint density at radius 1 is 1.35 bits per heavy atom. The van der Waals surface area contributed by atoms with E-state index in [1.165, 1.54) is 11.1 Å². The van der Waals surface area contributed by atoms with Crippen LogP contribution >= 0.6 is 0 Å². The number of rotatable bonds is 5. The number of carbonyl (C=O) groups excluding carboxylic acids is 1. The van der Waals surface area contributed by atoms with E-state index in [9.17, 15) is 19.1 Å². The number of nitrogens with zero attached hydrogens (tertiary/aromatic N) is 3. The minimum absolute atomic E-state index is 0.205. The van der Waals surface area contributed by atoms with Gasteiger partial charge in [-0.15, -0.1) is 0 Å². The lowest BCUT2D eigenvalue weighted by Crippen LogP contribution is -2.36. The summed E-state index contributed by atoms with van der Waals surface area (Å²) in [5.74, 6) is 5.20. The number of hydrogen-bond acceptors (Lipinski definition) is 9. The average molecular weight is 507 g/mol. The monoisotopic (exact) mass is 506 g/mol. The van der Waals surface area contributed by atoms with Crippen molar-refractivity contribution < 1.29 is 19.0 Å². The lowest BCUT2D eigenvalue weighted by molar-refractivity contribution is -0.157. The van der Waals surface area contributed by atoms with Crippen molar-refractivity contribution in [2.45, 2.75) is 51.1 Å². The molecular formula is C26H27FN6O4. The van der Waals surface area contributed by atoms with E-state index in [1.807, 2.05) is 7.05 Å². The van der Waals surface area contributed by atoms with Gasteiger partial charge in [-0.25, -0.2) is 20.0 Å². The van der Waals surface area contributed by atoms with E-state index in [1.54, 1.807) is 29.8 Å². The molecule has 0 spiro atoms. The summed E-state index contributed by atoms with van der Waals surface area (Å²) in [5, 5.41) is 15.8. The predicted molar refractivity (Wildman–Crippen MR) is 133 cm³/mol. The maximum absolute atomic E-state index is 14.6. The van der Waals surface area contributed by atoms with Crippen LogP contribution in [-0.4, -0.2) is 38.2 Å². The number of aryl methyl sites for hydroxylation is 1. The number of nitrogens with one attached hydrogen (secondary N) is 1. The summed E-state index contributed by atoms with van der Waals surface area (Å²) in [6, 6.07) is 4.70. The van der Waals surface area contributed by atoms with Crippen molar-refractivity contribution >= 4 is 16.9 Å². The third-order valence-corrected chi connectivity index (χ3v) is 7.78. The fraction of sp³-hybridized carbons (Fsp3) is 0.346. The largest absolute Gasteiger partial charge is 0.458 e. The molecule has 10 nitrogen and oxygen atoms in total. The van der Waals surface area contributed by atoms with Crippen molar-refractivity contribution in [2.75, 3.05) is 7.05 Å². The number of aliphatic hydroxyl groups is 1. The van der Waals surface area contributed by atoms with Crippen LogP contribution in [0.4, 0.5) is 4.39 Å². The first-order chi connectivity index (χ1) is 17.6. The van der Waals surface area contributed by atoms with Crippen LogP contribution < -0.4 is 22.5 Å². The number of hydrazine groups is 1. The number of ether oxygens (including phenoxy) is 1. The Hall–Kier alpha value is -3.80. The van der Waals surface area contributed by atoms with E-state index in [4.69, 9.17) is 21.3 Å². The van der Waals surface area contributed by atoms with E-state index >= 15 is 0 Å². The first-order valence-electron chi connectivity index (χ1n) is 12.0. The highest BCUT2D eigenvalue weighted by Gasteiger charge is 2.44. The highest BCUT2D eigenvalue weighted by molar-refractivity contribution is 5.89. The van der Waals surface area contributed by atoms with Crippen LogP contribution in [0.15, 0.2) is 34.9 Å². The van der Waals surface area contributed by atoms with Gasteiger partial charge in [-0.2, -0.15) is 0 Å². The lowest BCUT2D eigenvalue weighted by Gasteiger charge is -2.22. The molecular weight excluding hydrogens is 479 g/mol. The van der Waals surface area contributed by atoms with Crippen molar-refractivity contribution in [3.8, 4) is 11.4 Å². The second-order valence-electron chi connectivity index (χ2n) is 9.99. The van der Waals surface area contributed by atoms with E-state index in [0.29, 0.717) is 28.2 Å². The zero-order chi connectivity index (χ0) is 26.2. The fourth-order valence-corrected chi connectivity index (χ4v) is 5.36. The maximum atomic E-state index is 14.6. The van der Waals surface area contributed by atoms with Gasteiger partial charge in [0.1, 0.15) is 12.4 Å². The van der Waals surface area contributed by atoms with Gasteiger partial charge in [-0.3, -0.25) is 4.79 Å². The van der Waals surface area contributed by atoms with Crippen molar-refractivity contribution in [3.63, 3.8) is 0 Å². The molecule has 0 radical (unpaired) electrons. The topological polar surface area (TPSA) is 149 Å². The predicted octanol–water partition coefficient (Wildman–Crippen LogP) is 1.19. The Morgan fingerprint density at radius 3 is 2.81 bits per heavy atom. The zero-order valence-corrected chi connectivity index (χ0v) is 20.5. The van der Waals surface area contributed by atoms with Crippen LogP contribution in [0.5, 0.6) is 0 Å². The number of carbonyl (C=O) groups is 1. The molecule has 0 saturated heterocycles. The smallest absolute Gasteiger partial charge is 0.340 e. The molecule has 0 bridgehead atoms. The van der Waals surface area contributed by atoms with E-state index in [2.05, 4.69) is 5.32 Å². The molecule has 37 heavy (non-hydrogen) atoms. The molecule has 1 unspecified atom stereocenters. The molecule has 1 aromatic carbocycles. The molecule has 3 aromatic rings. The number of halogens is 1. The number of esters is 1. The van der Waals surface area contributed by atoms with Gasteiger partial charge < -0.3 is 30.5 Å². The highest BCUT2D eigenvalue weighted by atomic mass is 19.1. The summed E-state index contributed by atoms with van der Waals surface area (Å²) in [6.07, 6.45) is 1.99. The van der Waals surface area contributed by atoms with Gasteiger partial charge >= 0.3 is 5.97 Å². The van der Waals surface area contributed by atoms with Crippen molar-refractivity contribution in [3.05, 3.63) is 74.1 Å². The number of pyridine rings is 2. The number of nitrogens with two attached hydrogens (primary N) is 2. The van der Waals surface area contributed by atoms with Gasteiger partial charge in [-0.1, -0.05) is 0 Å². The first kappa shape index (κ1) is 23.6. The van der Waals surface area contributed by atoms with Gasteiger partial charge in [0.05, 0.1) is 41.1 Å². The number of fused-ring (bicyclic) bond motifs is 5. The van der Waals surface area contributed by atoms with Crippen LogP contribution in [0, 0.1) is 12.7 Å². The summed E-state index contributed by atoms with van der Waals surface area (Å²) in [5.41, 5.74) is 10.1. The number of aliphatic hydroxyl groups excluding tert-OH is 1. The van der Waals surface area contributed by atoms with Crippen LogP contribution in [-0.2, 0) is 29.2 Å². The molecule has 0 amide bonds. The molecule has 1 atom stereocenters. The number of likely N-dealkylation sites (N-methyl/N-ethyl adjacent to an activating group) is 1. The second-order valence-corrected chi connectivity index (χ2v) is 9.99. The third-order valence-electron chi connectivity index (χ3n) is 7.78. The van der Waals surface area contributed by atoms with E-state index in [0.717, 1.165) is 29.4 Å². The maximum Gasteiger partial charge on any atom is 0.340 e. The number of hydrogen-bond donors (Lipinski definition) is 4. The van der Waals surface area contributed by atoms with Gasteiger partial charge in [0, 0.05) is 34.5 Å². The molecule has 2 aliphatic heterocycles. The molecule has 6 N–H and O–H groups in total. The molecule has 1 aliphatic carbocycles. The van der Waals surface area contributed by atoms with Crippen molar-refractivity contribution in [1.82, 2.24) is 19.9 Å². The molecule has 192 valence electrons. The van der Waals surface area contributed by atoms with Gasteiger partial charge in [0.15, 0.2) is 6.10 Å². The first-order valence-corrected chi connectivity index (χ1v) is 12.0. The van der Waals surface area contributed by atoms with Crippen LogP contribution in [0.1, 0.15) is 46.8 Å². The highest BCUT2D eigenvalue weighted by Crippen LogP contribution is 2.41. The number of cyclic esters (lactones) is 1. The van der Waals surface area contributed by atoms with Crippen molar-refractivity contribution in [1.29, 1.82) is 0 Å². The van der Waals surface area contributed by atoms with Crippen molar-refractivity contribution in [2.24, 2.45) is 11.6 Å². The Morgan fingerprint density at radius 2 is 2.11 bits per heavy atom. The second kappa shape index (κ2) is 8.10. The minimum atomic E-state index is -1.55. The van der Waals surface area contributed by atoms with E-state index in [-0.39, 0.29) is 41.9 Å². The van der Waals surface area contributed by atoms with E-state index < -0.39 is 17.9 Å². The molecule has 2 aromatic heterocycles. The molecule has 3 aliphatic rings. The Labute approximate surface area is 211 Å². The summed E-state index contributed by atoms with van der Waals surface area (Å²) in [7, 11) is 1.86. The molecule has 11 heteroatoms. The minimum Gasteiger partial charge on any atom is -0.458 e. The average Bonchev–Trinajstić information content (AvgIpc) is 3.59. The van der Waals surface area contributed by atoms with Crippen LogP contribution in [0.25, 0.3) is 22.3 Å². The molecule has 6 rings (SSSR count). The number of aromatic nitrogens is 2. The zero-order valence-electron chi connectivity index (χ0n) is 20.5. The summed E-state index contributed by atoms with van der Waals surface area (Å²) < 4.78 is 21.1. The summed E-state index contributed by atoms with van der Waals surface area (Å²) in [6.45, 7) is 1.92. The Bertz CT molecular complexity index is 1590. The molecule has 1 fully saturated rings. The normalized spacial score (nSPS) is 19.3. The van der Waals surface area contributed by atoms with Gasteiger partial charge in [0.2, 0.25) is 0 Å². The van der Waals surface area contributed by atoms with Crippen LogP contribution in [0.2, 0.25) is 0 Å². The van der Waals surface area contributed by atoms with Crippen LogP contribution in [0.3, 0.4) is 0 Å². The Kier molecular flexibility index (Phi) is 5.17.